The molecule has 1 unspecified atom stereocenters. The fourth-order valence-electron chi connectivity index (χ4n) is 4.56. The van der Waals surface area contributed by atoms with Crippen LogP contribution in [0, 0.1) is 0 Å². The molecule has 0 saturated heterocycles. The van der Waals surface area contributed by atoms with Crippen LogP contribution in [0.1, 0.15) is 31.0 Å². The molecule has 3 aromatic carbocycles. The van der Waals surface area contributed by atoms with E-state index in [2.05, 4.69) is 4.99 Å². The van der Waals surface area contributed by atoms with E-state index in [1.165, 1.54) is 18.4 Å². The van der Waals surface area contributed by atoms with Crippen molar-refractivity contribution in [3.63, 3.8) is 0 Å². The number of phenolic OH excluding ortho intramolecular Hbond substituents is 1. The van der Waals surface area contributed by atoms with Gasteiger partial charge in [0.1, 0.15) is 0 Å². The van der Waals surface area contributed by atoms with Crippen molar-refractivity contribution in [2.45, 2.75) is 19.9 Å². The van der Waals surface area contributed by atoms with E-state index in [0.717, 1.165) is 16.3 Å². The second kappa shape index (κ2) is 9.88. The van der Waals surface area contributed by atoms with E-state index >= 15 is 0 Å². The second-order valence-corrected chi connectivity index (χ2v) is 9.84. The van der Waals surface area contributed by atoms with Crippen LogP contribution in [0.5, 0.6) is 11.5 Å². The molecule has 1 atom stereocenters. The number of allylic oxidation sites excluding steroid dienone is 1. The lowest BCUT2D eigenvalue weighted by Gasteiger charge is -2.25. The monoisotopic (exact) mass is 534 g/mol. The van der Waals surface area contributed by atoms with Crippen LogP contribution in [0.25, 0.3) is 16.8 Å². The first-order chi connectivity index (χ1) is 17.8. The molecule has 0 spiro atoms. The topological polar surface area (TPSA) is 90.1 Å². The highest BCUT2D eigenvalue weighted by Gasteiger charge is 2.34. The molecular formula is C28H23ClN2O5S. The van der Waals surface area contributed by atoms with E-state index in [0.29, 0.717) is 26.2 Å². The molecule has 1 aliphatic rings. The van der Waals surface area contributed by atoms with Gasteiger partial charge in [0.05, 0.1) is 40.6 Å². The first-order valence-electron chi connectivity index (χ1n) is 11.6. The van der Waals surface area contributed by atoms with E-state index in [4.69, 9.17) is 21.1 Å². The standard InChI is InChI=1S/C28H23ClN2O5S/c1-4-36-27(34)23-15(2)30-28-31(24(23)19-11-7-9-17-8-5-6-10-18(17)19)26(33)22(37-28)14-16-12-20(29)25(32)21(13-16)35-3/h5-14,24,32H,4H2,1-3H3. The number of hydrogen-bond donors (Lipinski definition) is 1. The van der Waals surface area contributed by atoms with E-state index in [9.17, 15) is 14.7 Å². The number of aromatic hydroxyl groups is 1. The van der Waals surface area contributed by atoms with Gasteiger partial charge in [-0.05, 0) is 54.0 Å². The van der Waals surface area contributed by atoms with Gasteiger partial charge in [-0.1, -0.05) is 65.4 Å². The van der Waals surface area contributed by atoms with Crippen LogP contribution in [0.4, 0.5) is 0 Å². The first-order valence-corrected chi connectivity index (χ1v) is 12.8. The number of thiazole rings is 1. The average Bonchev–Trinajstić information content (AvgIpc) is 3.19. The van der Waals surface area contributed by atoms with Crippen molar-refractivity contribution < 1.29 is 19.4 Å². The molecule has 0 fully saturated rings. The summed E-state index contributed by atoms with van der Waals surface area (Å²) < 4.78 is 12.5. The van der Waals surface area contributed by atoms with Crippen molar-refractivity contribution in [2.75, 3.05) is 13.7 Å². The molecule has 7 nitrogen and oxygen atoms in total. The molecule has 1 aliphatic heterocycles. The number of esters is 1. The Bertz CT molecular complexity index is 1760. The fraction of sp³-hybridized carbons (Fsp3) is 0.179. The molecule has 1 aromatic heterocycles. The van der Waals surface area contributed by atoms with Crippen molar-refractivity contribution in [2.24, 2.45) is 4.99 Å². The van der Waals surface area contributed by atoms with Crippen molar-refractivity contribution >= 4 is 45.8 Å². The van der Waals surface area contributed by atoms with Gasteiger partial charge in [0.2, 0.25) is 0 Å². The summed E-state index contributed by atoms with van der Waals surface area (Å²) in [5.41, 5.74) is 1.90. The minimum atomic E-state index is -0.721. The lowest BCUT2D eigenvalue weighted by atomic mass is 9.91. The van der Waals surface area contributed by atoms with Crippen molar-refractivity contribution in [1.82, 2.24) is 4.57 Å². The lowest BCUT2D eigenvalue weighted by molar-refractivity contribution is -0.139. The number of phenols is 1. The summed E-state index contributed by atoms with van der Waals surface area (Å²) in [7, 11) is 1.42. The number of benzene rings is 3. The molecule has 1 N–H and O–H groups in total. The van der Waals surface area contributed by atoms with Gasteiger partial charge >= 0.3 is 5.97 Å². The summed E-state index contributed by atoms with van der Waals surface area (Å²) in [5, 5.41) is 12.1. The number of methoxy groups -OCH3 is 1. The van der Waals surface area contributed by atoms with E-state index in [1.807, 2.05) is 42.5 Å². The highest BCUT2D eigenvalue weighted by molar-refractivity contribution is 7.07. The number of rotatable bonds is 5. The summed E-state index contributed by atoms with van der Waals surface area (Å²) in [6, 6.07) is 16.1. The SMILES string of the molecule is CCOC(=O)C1=C(C)N=c2sc(=Cc3cc(Cl)c(O)c(OC)c3)c(=O)n2C1c1cccc2ccccc12. The van der Waals surface area contributed by atoms with Crippen LogP contribution < -0.4 is 19.6 Å². The summed E-state index contributed by atoms with van der Waals surface area (Å²) >= 11 is 7.37. The Labute approximate surface area is 221 Å². The Morgan fingerprint density at radius 2 is 1.97 bits per heavy atom. The van der Waals surface area contributed by atoms with Crippen LogP contribution in [0.2, 0.25) is 5.02 Å². The van der Waals surface area contributed by atoms with Crippen molar-refractivity contribution in [1.29, 1.82) is 0 Å². The van der Waals surface area contributed by atoms with Gasteiger partial charge in [-0.25, -0.2) is 9.79 Å². The summed E-state index contributed by atoms with van der Waals surface area (Å²) in [6.45, 7) is 3.70. The number of nitrogens with zero attached hydrogens (tertiary/aromatic N) is 2. The average molecular weight is 535 g/mol. The molecule has 0 amide bonds. The van der Waals surface area contributed by atoms with E-state index < -0.39 is 12.0 Å². The zero-order chi connectivity index (χ0) is 26.3. The molecule has 0 radical (unpaired) electrons. The Kier molecular flexibility index (Phi) is 6.62. The van der Waals surface area contributed by atoms with E-state index in [-0.39, 0.29) is 28.7 Å². The highest BCUT2D eigenvalue weighted by Crippen LogP contribution is 2.36. The van der Waals surface area contributed by atoms with Gasteiger partial charge in [-0.15, -0.1) is 0 Å². The summed E-state index contributed by atoms with van der Waals surface area (Å²) in [6.07, 6.45) is 1.67. The van der Waals surface area contributed by atoms with Crippen LogP contribution in [-0.4, -0.2) is 29.4 Å². The minimum absolute atomic E-state index is 0.104. The summed E-state index contributed by atoms with van der Waals surface area (Å²) in [4.78, 5) is 32.1. The molecule has 0 bridgehead atoms. The molecule has 9 heteroatoms. The number of aromatic nitrogens is 1. The number of ether oxygens (including phenoxy) is 2. The maximum absolute atomic E-state index is 13.9. The number of carbonyl (C=O) groups is 1. The van der Waals surface area contributed by atoms with Gasteiger partial charge in [0.25, 0.3) is 5.56 Å². The Hall–Kier alpha value is -3.88. The Morgan fingerprint density at radius 1 is 1.22 bits per heavy atom. The first kappa shape index (κ1) is 24.8. The maximum atomic E-state index is 13.9. The van der Waals surface area contributed by atoms with Gasteiger partial charge in [-0.3, -0.25) is 9.36 Å². The normalized spacial score (nSPS) is 15.5. The van der Waals surface area contributed by atoms with Crippen LogP contribution in [0.15, 0.2) is 75.7 Å². The predicted octanol–water partition coefficient (Wildman–Crippen LogP) is 4.32. The quantitative estimate of drug-likeness (QED) is 0.385. The number of carbonyl (C=O) groups excluding carboxylic acids is 1. The fourth-order valence-corrected chi connectivity index (χ4v) is 5.82. The third-order valence-electron chi connectivity index (χ3n) is 6.20. The van der Waals surface area contributed by atoms with Crippen molar-refractivity contribution in [3.8, 4) is 11.5 Å². The van der Waals surface area contributed by atoms with Crippen LogP contribution in [0.3, 0.4) is 0 Å². The van der Waals surface area contributed by atoms with Crippen LogP contribution in [-0.2, 0) is 9.53 Å². The Balaban J connectivity index is 1.79. The molecule has 37 heavy (non-hydrogen) atoms. The lowest BCUT2D eigenvalue weighted by Crippen LogP contribution is -2.40. The molecule has 188 valence electrons. The van der Waals surface area contributed by atoms with Gasteiger partial charge in [-0.2, -0.15) is 0 Å². The van der Waals surface area contributed by atoms with Gasteiger partial charge in [0, 0.05) is 0 Å². The zero-order valence-corrected chi connectivity index (χ0v) is 21.9. The predicted molar refractivity (Wildman–Crippen MR) is 144 cm³/mol. The molecule has 0 aliphatic carbocycles. The minimum Gasteiger partial charge on any atom is -0.503 e. The third kappa shape index (κ3) is 4.32. The summed E-state index contributed by atoms with van der Waals surface area (Å²) in [5.74, 6) is -0.486. The molecular weight excluding hydrogens is 512 g/mol. The van der Waals surface area contributed by atoms with Crippen LogP contribution >= 0.6 is 22.9 Å². The molecule has 0 saturated carbocycles. The van der Waals surface area contributed by atoms with Crippen molar-refractivity contribution in [3.05, 3.63) is 102 Å². The number of hydrogen-bond acceptors (Lipinski definition) is 7. The molecule has 2 heterocycles. The van der Waals surface area contributed by atoms with Gasteiger partial charge < -0.3 is 14.6 Å². The number of halogens is 1. The Morgan fingerprint density at radius 3 is 2.73 bits per heavy atom. The molecule has 4 aromatic rings. The smallest absolute Gasteiger partial charge is 0.338 e. The number of fused-ring (bicyclic) bond motifs is 2. The third-order valence-corrected chi connectivity index (χ3v) is 7.47. The van der Waals surface area contributed by atoms with Gasteiger partial charge in [0.15, 0.2) is 16.3 Å². The van der Waals surface area contributed by atoms with E-state index in [1.54, 1.807) is 36.6 Å². The second-order valence-electron chi connectivity index (χ2n) is 8.42. The highest BCUT2D eigenvalue weighted by atomic mass is 35.5. The largest absolute Gasteiger partial charge is 0.503 e. The maximum Gasteiger partial charge on any atom is 0.338 e. The zero-order valence-electron chi connectivity index (χ0n) is 20.3. The molecule has 5 rings (SSSR count).